The van der Waals surface area contributed by atoms with E-state index in [0.29, 0.717) is 5.56 Å². The van der Waals surface area contributed by atoms with Gasteiger partial charge in [0.05, 0.1) is 32.6 Å². The molecule has 2 aliphatic rings. The van der Waals surface area contributed by atoms with Gasteiger partial charge in [-0.1, -0.05) is 43.2 Å². The molecule has 0 bridgehead atoms. The van der Waals surface area contributed by atoms with Crippen LogP contribution in [0.3, 0.4) is 0 Å². The SMILES string of the molecule is C[N+]1(C)CCC(OC(=O)C(O)(c2ccccc2)C2CCCC2)C1.O=C([O-])C(=O)[O-]. The zero-order valence-corrected chi connectivity index (χ0v) is 16.8. The molecule has 1 saturated heterocycles. The minimum absolute atomic E-state index is 0.0405. The molecule has 1 aliphatic carbocycles. The molecule has 8 nitrogen and oxygen atoms in total. The summed E-state index contributed by atoms with van der Waals surface area (Å²) in [6.07, 6.45) is 4.68. The summed E-state index contributed by atoms with van der Waals surface area (Å²) < 4.78 is 6.64. The monoisotopic (exact) mass is 406 g/mol. The van der Waals surface area contributed by atoms with Crippen LogP contribution in [0.4, 0.5) is 0 Å². The number of carboxylic acids is 2. The normalized spacial score (nSPS) is 22.8. The molecule has 1 aromatic carbocycles. The van der Waals surface area contributed by atoms with Crippen LogP contribution in [0.15, 0.2) is 30.3 Å². The van der Waals surface area contributed by atoms with Gasteiger partial charge in [0.1, 0.15) is 6.54 Å². The smallest absolute Gasteiger partial charge is 0.343 e. The number of hydrogen-bond acceptors (Lipinski definition) is 7. The van der Waals surface area contributed by atoms with Crippen LogP contribution in [-0.2, 0) is 24.7 Å². The maximum absolute atomic E-state index is 12.9. The summed E-state index contributed by atoms with van der Waals surface area (Å²) in [7, 11) is 4.29. The number of likely N-dealkylation sites (tertiary alicyclic amines) is 1. The van der Waals surface area contributed by atoms with Crippen molar-refractivity contribution in [2.24, 2.45) is 5.92 Å². The Labute approximate surface area is 170 Å². The van der Waals surface area contributed by atoms with Crippen LogP contribution in [0, 0.1) is 5.92 Å². The first-order valence-corrected chi connectivity index (χ1v) is 9.79. The highest BCUT2D eigenvalue weighted by Gasteiger charge is 2.49. The third-order valence-corrected chi connectivity index (χ3v) is 5.67. The number of nitrogens with zero attached hydrogens (tertiary/aromatic N) is 1. The van der Waals surface area contributed by atoms with Gasteiger partial charge in [0, 0.05) is 12.3 Å². The van der Waals surface area contributed by atoms with E-state index < -0.39 is 23.5 Å². The van der Waals surface area contributed by atoms with E-state index in [2.05, 4.69) is 14.1 Å². The lowest BCUT2D eigenvalue weighted by molar-refractivity contribution is -0.879. The van der Waals surface area contributed by atoms with Crippen molar-refractivity contribution in [1.29, 1.82) is 0 Å². The Balaban J connectivity index is 0.000000438. The highest BCUT2D eigenvalue weighted by Crippen LogP contribution is 2.42. The Hall–Kier alpha value is -2.45. The van der Waals surface area contributed by atoms with Gasteiger partial charge in [-0.25, -0.2) is 4.79 Å². The van der Waals surface area contributed by atoms with E-state index in [4.69, 9.17) is 24.5 Å². The number of carboxylic acid groups (broad SMARTS) is 2. The van der Waals surface area contributed by atoms with Crippen molar-refractivity contribution in [3.63, 3.8) is 0 Å². The molecule has 1 heterocycles. The predicted octanol–water partition coefficient (Wildman–Crippen LogP) is -1.06. The van der Waals surface area contributed by atoms with Crippen LogP contribution >= 0.6 is 0 Å². The predicted molar refractivity (Wildman–Crippen MR) is 98.7 cm³/mol. The molecule has 0 radical (unpaired) electrons. The van der Waals surface area contributed by atoms with E-state index in [0.717, 1.165) is 49.7 Å². The van der Waals surface area contributed by atoms with Crippen LogP contribution in [0.25, 0.3) is 0 Å². The molecular weight excluding hydrogens is 378 g/mol. The van der Waals surface area contributed by atoms with E-state index in [1.807, 2.05) is 30.3 Å². The molecule has 3 rings (SSSR count). The number of carbonyl (C=O) groups is 3. The molecule has 2 atom stereocenters. The average Bonchev–Trinajstić information content (AvgIpc) is 3.32. The van der Waals surface area contributed by atoms with Crippen LogP contribution in [-0.4, -0.2) is 60.8 Å². The quantitative estimate of drug-likeness (QED) is 0.384. The fraction of sp³-hybridized carbons (Fsp3) is 0.571. The van der Waals surface area contributed by atoms with Crippen LogP contribution < -0.4 is 10.2 Å². The van der Waals surface area contributed by atoms with Gasteiger partial charge in [-0.3, -0.25) is 0 Å². The summed E-state index contributed by atoms with van der Waals surface area (Å²) in [4.78, 5) is 30.8. The van der Waals surface area contributed by atoms with Crippen molar-refractivity contribution >= 4 is 17.9 Å². The van der Waals surface area contributed by atoms with Crippen molar-refractivity contribution in [2.75, 3.05) is 27.2 Å². The van der Waals surface area contributed by atoms with Gasteiger partial charge < -0.3 is 34.1 Å². The van der Waals surface area contributed by atoms with Crippen LogP contribution in [0.2, 0.25) is 0 Å². The third-order valence-electron chi connectivity index (χ3n) is 5.67. The molecule has 2 unspecified atom stereocenters. The highest BCUT2D eigenvalue weighted by molar-refractivity contribution is 6.25. The average molecular weight is 406 g/mol. The van der Waals surface area contributed by atoms with Gasteiger partial charge >= 0.3 is 5.97 Å². The summed E-state index contributed by atoms with van der Waals surface area (Å²) in [5.41, 5.74) is -0.832. The molecule has 0 amide bonds. The third kappa shape index (κ3) is 5.77. The van der Waals surface area contributed by atoms with Crippen molar-refractivity contribution in [3.05, 3.63) is 35.9 Å². The summed E-state index contributed by atoms with van der Waals surface area (Å²) in [6.45, 7) is 1.83. The fourth-order valence-electron chi connectivity index (χ4n) is 4.12. The van der Waals surface area contributed by atoms with Gasteiger partial charge in [0.2, 0.25) is 0 Å². The lowest BCUT2D eigenvalue weighted by Crippen LogP contribution is -2.46. The molecule has 2 fully saturated rings. The second-order valence-corrected chi connectivity index (χ2v) is 8.35. The van der Waals surface area contributed by atoms with Crippen LogP contribution in [0.5, 0.6) is 0 Å². The van der Waals surface area contributed by atoms with E-state index in [1.165, 1.54) is 0 Å². The first-order chi connectivity index (χ1) is 13.6. The summed E-state index contributed by atoms with van der Waals surface area (Å²) >= 11 is 0. The molecular formula is C21H28NO7-. The number of aliphatic hydroxyl groups is 1. The van der Waals surface area contributed by atoms with Gasteiger partial charge in [0.25, 0.3) is 0 Å². The maximum Gasteiger partial charge on any atom is 0.343 e. The first-order valence-electron chi connectivity index (χ1n) is 9.79. The second kappa shape index (κ2) is 9.37. The van der Waals surface area contributed by atoms with Gasteiger partial charge in [0.15, 0.2) is 11.7 Å². The lowest BCUT2D eigenvalue weighted by Gasteiger charge is -2.33. The highest BCUT2D eigenvalue weighted by atomic mass is 16.6. The van der Waals surface area contributed by atoms with Crippen LogP contribution in [0.1, 0.15) is 37.7 Å². The largest absolute Gasteiger partial charge is 0.543 e. The number of esters is 1. The molecule has 1 aromatic rings. The lowest BCUT2D eigenvalue weighted by atomic mass is 9.80. The number of likely N-dealkylation sites (N-methyl/N-ethyl adjacent to an activating group) is 1. The number of ether oxygens (including phenoxy) is 1. The summed E-state index contributed by atoms with van der Waals surface area (Å²) in [5.74, 6) is -4.87. The molecule has 29 heavy (non-hydrogen) atoms. The van der Waals surface area contributed by atoms with E-state index >= 15 is 0 Å². The zero-order chi connectivity index (χ0) is 21.7. The van der Waals surface area contributed by atoms with E-state index in [9.17, 15) is 9.90 Å². The zero-order valence-electron chi connectivity index (χ0n) is 16.8. The van der Waals surface area contributed by atoms with Crippen molar-refractivity contribution in [2.45, 2.75) is 43.8 Å². The van der Waals surface area contributed by atoms with Crippen molar-refractivity contribution in [1.82, 2.24) is 0 Å². The van der Waals surface area contributed by atoms with Crippen molar-refractivity contribution in [3.8, 4) is 0 Å². The molecule has 0 spiro atoms. The fourth-order valence-corrected chi connectivity index (χ4v) is 4.12. The number of aliphatic carboxylic acids is 2. The number of carbonyl (C=O) groups excluding carboxylic acids is 3. The van der Waals surface area contributed by atoms with E-state index in [-0.39, 0.29) is 12.0 Å². The van der Waals surface area contributed by atoms with Crippen molar-refractivity contribution < 1.29 is 38.9 Å². The van der Waals surface area contributed by atoms with Gasteiger partial charge in [-0.05, 0) is 18.4 Å². The van der Waals surface area contributed by atoms with Gasteiger partial charge in [-0.15, -0.1) is 0 Å². The number of benzene rings is 1. The minimum Gasteiger partial charge on any atom is -0.543 e. The molecule has 1 aliphatic heterocycles. The molecule has 0 aromatic heterocycles. The Kier molecular flexibility index (Phi) is 7.37. The van der Waals surface area contributed by atoms with Gasteiger partial charge in [-0.2, -0.15) is 0 Å². The Morgan fingerprint density at radius 2 is 1.59 bits per heavy atom. The number of quaternary nitrogens is 1. The minimum atomic E-state index is -2.19. The molecule has 160 valence electrons. The molecule has 1 N–H and O–H groups in total. The molecule has 1 saturated carbocycles. The Morgan fingerprint density at radius 1 is 1.03 bits per heavy atom. The summed E-state index contributed by atoms with van der Waals surface area (Å²) in [5, 5.41) is 29.2. The first kappa shape index (κ1) is 22.8. The topological polar surface area (TPSA) is 127 Å². The number of rotatable bonds is 4. The second-order valence-electron chi connectivity index (χ2n) is 8.35. The van der Waals surface area contributed by atoms with E-state index in [1.54, 1.807) is 0 Å². The Bertz CT molecular complexity index is 716. The standard InChI is InChI=1S/C19H28NO3.C2H2O4/c1-20(2)13-12-17(14-20)23-18(21)19(22,16-10-6-7-11-16)15-8-4-3-5-9-15;3-1(4)2(5)6/h3-5,8-9,16-17,22H,6-7,10-14H2,1-2H3;(H,3,4)(H,5,6)/q+1;/p-2. The summed E-state index contributed by atoms with van der Waals surface area (Å²) in [6, 6.07) is 9.33. The Morgan fingerprint density at radius 3 is 2.03 bits per heavy atom. The number of hydrogen-bond donors (Lipinski definition) is 1. The maximum atomic E-state index is 12.9. The molecule has 8 heteroatoms.